The number of benzene rings is 4. The van der Waals surface area contributed by atoms with Crippen molar-refractivity contribution in [1.82, 2.24) is 0 Å². The van der Waals surface area contributed by atoms with Crippen molar-refractivity contribution in [3.05, 3.63) is 124 Å². The summed E-state index contributed by atoms with van der Waals surface area (Å²) in [5.74, 6) is -1.00. The summed E-state index contributed by atoms with van der Waals surface area (Å²) in [6.45, 7) is 1.85. The fraction of sp³-hybridized carbons (Fsp3) is 0.103. The number of sulfonamides is 1. The summed E-state index contributed by atoms with van der Waals surface area (Å²) in [5.41, 5.74) is 2.76. The molecule has 194 valence electrons. The molecule has 0 bridgehead atoms. The number of carbonyl (C=O) groups is 2. The molecule has 4 rings (SSSR count). The maximum atomic E-state index is 13.9. The average molecular weight is 549 g/mol. The molecule has 0 aliphatic carbocycles. The number of rotatable bonds is 8. The molecule has 0 radical (unpaired) electrons. The summed E-state index contributed by atoms with van der Waals surface area (Å²) in [7, 11) is -2.77. The first-order valence-corrected chi connectivity index (χ1v) is 13.4. The minimum Gasteiger partial charge on any atom is -0.465 e. The van der Waals surface area contributed by atoms with Gasteiger partial charge in [-0.05, 0) is 73.2 Å². The lowest BCUT2D eigenvalue weighted by atomic mass is 10.1. The molecular formula is C29H25ClN2O5S. The van der Waals surface area contributed by atoms with Crippen LogP contribution >= 0.6 is 11.6 Å². The standard InChI is InChI=1S/C29H25ClN2O5S/c1-20-7-17-25(18-8-20)38(35,36)32(19-21-9-13-23(30)14-10-21)27-6-4-3-5-26(27)28(33)31-24-15-11-22(12-16-24)29(34)37-2/h3-18H,19H2,1-2H3,(H,31,33). The predicted octanol–water partition coefficient (Wildman–Crippen LogP) is 6.08. The van der Waals surface area contributed by atoms with E-state index in [0.29, 0.717) is 21.8 Å². The van der Waals surface area contributed by atoms with E-state index in [-0.39, 0.29) is 22.7 Å². The largest absolute Gasteiger partial charge is 0.465 e. The summed E-state index contributed by atoms with van der Waals surface area (Å²) in [6.07, 6.45) is 0. The van der Waals surface area contributed by atoms with Crippen molar-refractivity contribution >= 4 is 44.9 Å². The molecule has 4 aromatic rings. The number of ether oxygens (including phenoxy) is 1. The van der Waals surface area contributed by atoms with Gasteiger partial charge < -0.3 is 10.1 Å². The normalized spacial score (nSPS) is 11.0. The molecule has 0 saturated heterocycles. The first-order chi connectivity index (χ1) is 18.2. The van der Waals surface area contributed by atoms with Gasteiger partial charge in [0.05, 0.1) is 35.4 Å². The number of hydrogen-bond donors (Lipinski definition) is 1. The maximum Gasteiger partial charge on any atom is 0.337 e. The zero-order chi connectivity index (χ0) is 27.3. The smallest absolute Gasteiger partial charge is 0.337 e. The highest BCUT2D eigenvalue weighted by Crippen LogP contribution is 2.30. The van der Waals surface area contributed by atoms with Crippen LogP contribution in [0.3, 0.4) is 0 Å². The highest BCUT2D eigenvalue weighted by Gasteiger charge is 2.28. The third-order valence-corrected chi connectivity index (χ3v) is 7.86. The van der Waals surface area contributed by atoms with Crippen LogP contribution in [0.25, 0.3) is 0 Å². The molecule has 4 aromatic carbocycles. The summed E-state index contributed by atoms with van der Waals surface area (Å²) in [4.78, 5) is 25.2. The fourth-order valence-electron chi connectivity index (χ4n) is 3.78. The Labute approximate surface area is 226 Å². The number of carbonyl (C=O) groups excluding carboxylic acids is 2. The zero-order valence-electron chi connectivity index (χ0n) is 20.7. The third kappa shape index (κ3) is 6.04. The molecule has 0 saturated carbocycles. The number of methoxy groups -OCH3 is 1. The van der Waals surface area contributed by atoms with Crippen molar-refractivity contribution < 1.29 is 22.7 Å². The van der Waals surface area contributed by atoms with Crippen LogP contribution in [0.2, 0.25) is 5.02 Å². The number of aryl methyl sites for hydroxylation is 1. The van der Waals surface area contributed by atoms with Crippen LogP contribution in [0.1, 0.15) is 31.8 Å². The van der Waals surface area contributed by atoms with E-state index in [2.05, 4.69) is 5.32 Å². The summed E-state index contributed by atoms with van der Waals surface area (Å²) in [5, 5.41) is 3.31. The van der Waals surface area contributed by atoms with E-state index >= 15 is 0 Å². The number of nitrogens with zero attached hydrogens (tertiary/aromatic N) is 1. The molecule has 0 aliphatic heterocycles. The average Bonchev–Trinajstić information content (AvgIpc) is 2.93. The summed E-state index contributed by atoms with van der Waals surface area (Å²) >= 11 is 6.03. The fourth-order valence-corrected chi connectivity index (χ4v) is 5.38. The number of anilines is 2. The summed E-state index contributed by atoms with van der Waals surface area (Å²) in [6, 6.07) is 26.1. The number of amides is 1. The first kappa shape index (κ1) is 26.9. The Balaban J connectivity index is 1.73. The first-order valence-electron chi connectivity index (χ1n) is 11.6. The number of nitrogens with one attached hydrogen (secondary N) is 1. The van der Waals surface area contributed by atoms with Gasteiger partial charge in [0.15, 0.2) is 0 Å². The van der Waals surface area contributed by atoms with Crippen molar-refractivity contribution in [3.8, 4) is 0 Å². The van der Waals surface area contributed by atoms with Crippen molar-refractivity contribution in [2.75, 3.05) is 16.7 Å². The molecule has 38 heavy (non-hydrogen) atoms. The van der Waals surface area contributed by atoms with Gasteiger partial charge in [0.2, 0.25) is 0 Å². The second-order valence-electron chi connectivity index (χ2n) is 8.49. The molecule has 0 aliphatic rings. The lowest BCUT2D eigenvalue weighted by Gasteiger charge is -2.27. The lowest BCUT2D eigenvalue weighted by molar-refractivity contribution is 0.0600. The van der Waals surface area contributed by atoms with Crippen LogP contribution in [0.4, 0.5) is 11.4 Å². The van der Waals surface area contributed by atoms with Crippen LogP contribution in [-0.4, -0.2) is 27.4 Å². The Morgan fingerprint density at radius 2 is 1.50 bits per heavy atom. The molecule has 7 nitrogen and oxygen atoms in total. The Kier molecular flexibility index (Phi) is 8.14. The van der Waals surface area contributed by atoms with Gasteiger partial charge in [0, 0.05) is 10.7 Å². The van der Waals surface area contributed by atoms with E-state index in [1.54, 1.807) is 84.9 Å². The van der Waals surface area contributed by atoms with Crippen LogP contribution in [-0.2, 0) is 21.3 Å². The van der Waals surface area contributed by atoms with Gasteiger partial charge in [-0.15, -0.1) is 0 Å². The van der Waals surface area contributed by atoms with Crippen LogP contribution in [0, 0.1) is 6.92 Å². The molecule has 9 heteroatoms. The van der Waals surface area contributed by atoms with E-state index in [0.717, 1.165) is 5.56 Å². The van der Waals surface area contributed by atoms with Crippen LogP contribution in [0.5, 0.6) is 0 Å². The van der Waals surface area contributed by atoms with E-state index in [1.807, 2.05) is 6.92 Å². The van der Waals surface area contributed by atoms with Gasteiger partial charge in [-0.25, -0.2) is 13.2 Å². The Hall–Kier alpha value is -4.14. The van der Waals surface area contributed by atoms with Crippen molar-refractivity contribution in [2.45, 2.75) is 18.4 Å². The second-order valence-corrected chi connectivity index (χ2v) is 10.8. The molecule has 0 atom stereocenters. The molecule has 1 amide bonds. The predicted molar refractivity (Wildman–Crippen MR) is 148 cm³/mol. The summed E-state index contributed by atoms with van der Waals surface area (Å²) < 4.78 is 33.7. The van der Waals surface area contributed by atoms with Gasteiger partial charge in [-0.3, -0.25) is 9.10 Å². The number of para-hydroxylation sites is 1. The van der Waals surface area contributed by atoms with Crippen LogP contribution in [0.15, 0.2) is 102 Å². The number of halogens is 1. The maximum absolute atomic E-state index is 13.9. The van der Waals surface area contributed by atoms with Gasteiger partial charge in [0.1, 0.15) is 0 Å². The molecule has 0 unspecified atom stereocenters. The van der Waals surface area contributed by atoms with Gasteiger partial charge in [-0.1, -0.05) is 53.6 Å². The highest BCUT2D eigenvalue weighted by molar-refractivity contribution is 7.92. The minimum atomic E-state index is -4.06. The van der Waals surface area contributed by atoms with Crippen molar-refractivity contribution in [3.63, 3.8) is 0 Å². The topological polar surface area (TPSA) is 92.8 Å². The quantitative estimate of drug-likeness (QED) is 0.269. The minimum absolute atomic E-state index is 0.0223. The SMILES string of the molecule is COC(=O)c1ccc(NC(=O)c2ccccc2N(Cc2ccc(Cl)cc2)S(=O)(=O)c2ccc(C)cc2)cc1. The lowest BCUT2D eigenvalue weighted by Crippen LogP contribution is -2.32. The third-order valence-electron chi connectivity index (χ3n) is 5.83. The zero-order valence-corrected chi connectivity index (χ0v) is 22.3. The van der Waals surface area contributed by atoms with Gasteiger partial charge in [0.25, 0.3) is 15.9 Å². The Morgan fingerprint density at radius 1 is 0.868 bits per heavy atom. The second kappa shape index (κ2) is 11.5. The number of hydrogen-bond acceptors (Lipinski definition) is 5. The van der Waals surface area contributed by atoms with E-state index < -0.39 is 21.9 Å². The van der Waals surface area contributed by atoms with E-state index in [4.69, 9.17) is 16.3 Å². The molecular weight excluding hydrogens is 524 g/mol. The van der Waals surface area contributed by atoms with Crippen molar-refractivity contribution in [1.29, 1.82) is 0 Å². The van der Waals surface area contributed by atoms with E-state index in [1.165, 1.54) is 23.5 Å². The van der Waals surface area contributed by atoms with Gasteiger partial charge >= 0.3 is 5.97 Å². The van der Waals surface area contributed by atoms with E-state index in [9.17, 15) is 18.0 Å². The monoisotopic (exact) mass is 548 g/mol. The number of esters is 1. The Morgan fingerprint density at radius 3 is 2.13 bits per heavy atom. The highest BCUT2D eigenvalue weighted by atomic mass is 35.5. The Bertz CT molecular complexity index is 1550. The van der Waals surface area contributed by atoms with Gasteiger partial charge in [-0.2, -0.15) is 0 Å². The van der Waals surface area contributed by atoms with Crippen molar-refractivity contribution in [2.24, 2.45) is 0 Å². The molecule has 0 fully saturated rings. The molecule has 0 spiro atoms. The molecule has 1 N–H and O–H groups in total. The molecule has 0 heterocycles. The van der Waals surface area contributed by atoms with Crippen LogP contribution < -0.4 is 9.62 Å². The molecule has 0 aromatic heterocycles.